The molecule has 0 atom stereocenters. The van der Waals surface area contributed by atoms with Gasteiger partial charge in [-0.15, -0.1) is 0 Å². The zero-order valence-electron chi connectivity index (χ0n) is 17.1. The van der Waals surface area contributed by atoms with Crippen LogP contribution in [0.2, 0.25) is 5.02 Å². The van der Waals surface area contributed by atoms with Crippen LogP contribution in [-0.2, 0) is 9.59 Å². The normalized spacial score (nSPS) is 13.1. The van der Waals surface area contributed by atoms with Crippen molar-refractivity contribution in [1.82, 2.24) is 10.3 Å². The Morgan fingerprint density at radius 1 is 1.17 bits per heavy atom. The molecular weight excluding hydrogens is 402 g/mol. The molecule has 1 aliphatic rings. The van der Waals surface area contributed by atoms with Gasteiger partial charge in [-0.3, -0.25) is 9.59 Å². The molecule has 30 heavy (non-hydrogen) atoms. The molecule has 1 aliphatic heterocycles. The fraction of sp³-hybridized carbons (Fsp3) is 0.348. The number of rotatable bonds is 9. The van der Waals surface area contributed by atoms with Gasteiger partial charge in [-0.2, -0.15) is 5.10 Å². The number of carbonyl (C=O) groups excluding carboxylic acids is 2. The minimum atomic E-state index is -0.141. The molecule has 1 heterocycles. The fourth-order valence-corrected chi connectivity index (χ4v) is 3.39. The van der Waals surface area contributed by atoms with Gasteiger partial charge in [0.2, 0.25) is 11.8 Å². The number of ether oxygens (including phenoxy) is 1. The van der Waals surface area contributed by atoms with Crippen molar-refractivity contribution in [2.75, 3.05) is 19.7 Å². The van der Waals surface area contributed by atoms with E-state index in [9.17, 15) is 9.59 Å². The summed E-state index contributed by atoms with van der Waals surface area (Å²) in [7, 11) is 0. The van der Waals surface area contributed by atoms with Crippen LogP contribution in [0.3, 0.4) is 0 Å². The van der Waals surface area contributed by atoms with Crippen molar-refractivity contribution in [3.63, 3.8) is 0 Å². The molecule has 0 bridgehead atoms. The summed E-state index contributed by atoms with van der Waals surface area (Å²) in [6.45, 7) is 3.49. The Labute approximate surface area is 181 Å². The Kier molecular flexibility index (Phi) is 7.85. The van der Waals surface area contributed by atoms with E-state index in [1.807, 2.05) is 49.4 Å². The van der Waals surface area contributed by atoms with E-state index in [1.54, 1.807) is 6.07 Å². The minimum absolute atomic E-state index is 0.127. The average Bonchev–Trinajstić information content (AvgIpc) is 3.24. The van der Waals surface area contributed by atoms with Crippen LogP contribution in [0.15, 0.2) is 53.6 Å². The first-order chi connectivity index (χ1) is 14.5. The number of nitrogens with zero attached hydrogens (tertiary/aromatic N) is 2. The number of amides is 2. The van der Waals surface area contributed by atoms with Crippen molar-refractivity contribution < 1.29 is 14.3 Å². The quantitative estimate of drug-likeness (QED) is 0.616. The number of hydrogen-bond donors (Lipinski definition) is 1. The zero-order chi connectivity index (χ0) is 21.3. The third kappa shape index (κ3) is 6.32. The monoisotopic (exact) mass is 427 g/mol. The first-order valence-electron chi connectivity index (χ1n) is 10.1. The summed E-state index contributed by atoms with van der Waals surface area (Å²) in [6, 6.07) is 15.3. The maximum atomic E-state index is 12.3. The van der Waals surface area contributed by atoms with Gasteiger partial charge in [-0.05, 0) is 42.7 Å². The summed E-state index contributed by atoms with van der Waals surface area (Å²) in [4.78, 5) is 24.3. The predicted octanol–water partition coefficient (Wildman–Crippen LogP) is 3.95. The van der Waals surface area contributed by atoms with Gasteiger partial charge >= 0.3 is 0 Å². The van der Waals surface area contributed by atoms with Crippen molar-refractivity contribution in [1.29, 1.82) is 0 Å². The number of aryl methyl sites for hydroxylation is 1. The fourth-order valence-electron chi connectivity index (χ4n) is 3.17. The third-order valence-electron chi connectivity index (χ3n) is 4.80. The largest absolute Gasteiger partial charge is 0.493 e. The molecule has 0 aliphatic carbocycles. The maximum absolute atomic E-state index is 12.3. The van der Waals surface area contributed by atoms with E-state index in [0.29, 0.717) is 31.1 Å². The van der Waals surface area contributed by atoms with Gasteiger partial charge in [0.05, 0.1) is 18.9 Å². The molecule has 6 nitrogen and oxygen atoms in total. The van der Waals surface area contributed by atoms with Crippen LogP contribution in [-0.4, -0.2) is 42.2 Å². The molecule has 0 fully saturated rings. The highest BCUT2D eigenvalue weighted by molar-refractivity contribution is 6.30. The Balaban J connectivity index is 1.32. The van der Waals surface area contributed by atoms with Gasteiger partial charge < -0.3 is 10.1 Å². The van der Waals surface area contributed by atoms with Crippen LogP contribution in [0.25, 0.3) is 0 Å². The maximum Gasteiger partial charge on any atom is 0.243 e. The van der Waals surface area contributed by atoms with Crippen LogP contribution in [0.5, 0.6) is 5.75 Å². The zero-order valence-corrected chi connectivity index (χ0v) is 17.8. The van der Waals surface area contributed by atoms with Gasteiger partial charge in [0.15, 0.2) is 0 Å². The lowest BCUT2D eigenvalue weighted by Crippen LogP contribution is -2.28. The third-order valence-corrected chi connectivity index (χ3v) is 5.04. The second kappa shape index (κ2) is 10.8. The molecule has 3 rings (SSSR count). The van der Waals surface area contributed by atoms with Crippen LogP contribution in [0, 0.1) is 6.92 Å². The molecule has 1 N–H and O–H groups in total. The molecule has 2 aromatic carbocycles. The number of hydrazone groups is 1. The molecule has 0 aromatic heterocycles. The predicted molar refractivity (Wildman–Crippen MR) is 118 cm³/mol. The van der Waals surface area contributed by atoms with Crippen LogP contribution >= 0.6 is 11.6 Å². The number of carbonyl (C=O) groups is 2. The van der Waals surface area contributed by atoms with E-state index in [0.717, 1.165) is 29.0 Å². The molecule has 2 amide bonds. The van der Waals surface area contributed by atoms with Gasteiger partial charge in [-0.25, -0.2) is 5.01 Å². The Morgan fingerprint density at radius 3 is 2.73 bits per heavy atom. The molecule has 0 spiro atoms. The van der Waals surface area contributed by atoms with Crippen LogP contribution in [0.1, 0.15) is 36.8 Å². The van der Waals surface area contributed by atoms with Crippen molar-refractivity contribution in [3.05, 3.63) is 64.7 Å². The van der Waals surface area contributed by atoms with Gasteiger partial charge in [0, 0.05) is 30.8 Å². The Morgan fingerprint density at radius 2 is 1.97 bits per heavy atom. The van der Waals surface area contributed by atoms with E-state index in [-0.39, 0.29) is 24.7 Å². The highest BCUT2D eigenvalue weighted by atomic mass is 35.5. The molecule has 0 radical (unpaired) electrons. The molecular formula is C23H26ClN3O3. The molecule has 0 saturated heterocycles. The summed E-state index contributed by atoms with van der Waals surface area (Å²) in [5, 5.41) is 9.38. The highest BCUT2D eigenvalue weighted by Crippen LogP contribution is 2.21. The summed E-state index contributed by atoms with van der Waals surface area (Å²) in [6.07, 6.45) is 1.72. The number of hydrogen-bond acceptors (Lipinski definition) is 4. The average molecular weight is 428 g/mol. The van der Waals surface area contributed by atoms with E-state index < -0.39 is 0 Å². The van der Waals surface area contributed by atoms with Crippen LogP contribution in [0.4, 0.5) is 0 Å². The topological polar surface area (TPSA) is 71.0 Å². The van der Waals surface area contributed by atoms with Gasteiger partial charge in [0.25, 0.3) is 0 Å². The molecule has 2 aromatic rings. The van der Waals surface area contributed by atoms with E-state index in [4.69, 9.17) is 16.3 Å². The van der Waals surface area contributed by atoms with Crippen molar-refractivity contribution in [2.24, 2.45) is 5.10 Å². The summed E-state index contributed by atoms with van der Waals surface area (Å²) in [5.41, 5.74) is 2.91. The SMILES string of the molecule is Cc1cc(Cl)ccc1OCCCNC(=O)CCC(=O)N1CCC(c2ccccc2)=N1. The minimum Gasteiger partial charge on any atom is -0.493 e. The van der Waals surface area contributed by atoms with E-state index in [1.165, 1.54) is 5.01 Å². The lowest BCUT2D eigenvalue weighted by molar-refractivity contribution is -0.133. The van der Waals surface area contributed by atoms with Crippen molar-refractivity contribution in [3.8, 4) is 5.75 Å². The van der Waals surface area contributed by atoms with Gasteiger partial charge in [-0.1, -0.05) is 41.9 Å². The Bertz CT molecular complexity index is 915. The second-order valence-corrected chi connectivity index (χ2v) is 7.58. The van der Waals surface area contributed by atoms with Gasteiger partial charge in [0.1, 0.15) is 5.75 Å². The Hall–Kier alpha value is -2.86. The van der Waals surface area contributed by atoms with E-state index >= 15 is 0 Å². The highest BCUT2D eigenvalue weighted by Gasteiger charge is 2.21. The number of halogens is 1. The smallest absolute Gasteiger partial charge is 0.243 e. The lowest BCUT2D eigenvalue weighted by atomic mass is 10.1. The lowest BCUT2D eigenvalue weighted by Gasteiger charge is -2.12. The first kappa shape index (κ1) is 21.8. The number of benzene rings is 2. The first-order valence-corrected chi connectivity index (χ1v) is 10.5. The van der Waals surface area contributed by atoms with Crippen molar-refractivity contribution in [2.45, 2.75) is 32.6 Å². The second-order valence-electron chi connectivity index (χ2n) is 7.14. The summed E-state index contributed by atoms with van der Waals surface area (Å²) in [5.74, 6) is 0.521. The van der Waals surface area contributed by atoms with Crippen molar-refractivity contribution >= 4 is 29.1 Å². The molecule has 158 valence electrons. The molecule has 0 saturated carbocycles. The molecule has 0 unspecified atom stereocenters. The standard InChI is InChI=1S/C23H26ClN3O3/c1-17-16-19(24)8-9-21(17)30-15-5-13-25-22(28)10-11-23(29)27-14-12-20(26-27)18-6-3-2-4-7-18/h2-4,6-9,16H,5,10-15H2,1H3,(H,25,28). The molecule has 7 heteroatoms. The summed E-state index contributed by atoms with van der Waals surface area (Å²) >= 11 is 5.93. The van der Waals surface area contributed by atoms with E-state index in [2.05, 4.69) is 10.4 Å². The summed E-state index contributed by atoms with van der Waals surface area (Å²) < 4.78 is 5.70. The van der Waals surface area contributed by atoms with Crippen LogP contribution < -0.4 is 10.1 Å². The number of nitrogens with one attached hydrogen (secondary N) is 1.